The molecule has 0 aromatic heterocycles. The van der Waals surface area contributed by atoms with Crippen LogP contribution in [0.1, 0.15) is 6.92 Å². The largest absolute Gasteiger partial charge is 0.573 e. The zero-order valence-corrected chi connectivity index (χ0v) is 14.0. The number of oxime groups is 1. The molecule has 2 aromatic carbocycles. The summed E-state index contributed by atoms with van der Waals surface area (Å²) in [6, 6.07) is 13.3. The normalized spacial score (nSPS) is 12.4. The Morgan fingerprint density at radius 3 is 2.22 bits per heavy atom. The van der Waals surface area contributed by atoms with Crippen LogP contribution in [0.3, 0.4) is 0 Å². The Balaban J connectivity index is 2.01. The number of nitrogens with one attached hydrogen (secondary N) is 2. The molecule has 0 aliphatic carbocycles. The Morgan fingerprint density at radius 2 is 1.67 bits per heavy atom. The smallest absolute Gasteiger partial charge is 0.410 e. The third kappa shape index (κ3) is 6.34. The van der Waals surface area contributed by atoms with Gasteiger partial charge < -0.3 is 15.3 Å². The third-order valence-corrected chi connectivity index (χ3v) is 3.13. The minimum Gasteiger partial charge on any atom is -0.410 e. The number of anilines is 2. The lowest BCUT2D eigenvalue weighted by Crippen LogP contribution is -2.29. The molecule has 0 saturated carbocycles. The van der Waals surface area contributed by atoms with Crippen LogP contribution in [0.5, 0.6) is 5.75 Å². The van der Waals surface area contributed by atoms with Gasteiger partial charge in [0.2, 0.25) is 0 Å². The molecule has 0 fully saturated rings. The monoisotopic (exact) mass is 380 g/mol. The Hall–Kier alpha value is -3.56. The lowest BCUT2D eigenvalue weighted by molar-refractivity contribution is -0.274. The van der Waals surface area contributed by atoms with E-state index in [0.717, 1.165) is 12.1 Å². The number of hydrogen-bond donors (Lipinski definition) is 3. The van der Waals surface area contributed by atoms with Crippen molar-refractivity contribution in [3.63, 3.8) is 0 Å². The van der Waals surface area contributed by atoms with Crippen molar-refractivity contribution >= 4 is 28.7 Å². The number of para-hydroxylation sites is 1. The average molecular weight is 380 g/mol. The van der Waals surface area contributed by atoms with Crippen molar-refractivity contribution in [2.45, 2.75) is 13.3 Å². The molecule has 142 valence electrons. The number of halogens is 3. The molecule has 0 atom stereocenters. The molecule has 0 aliphatic heterocycles. The molecule has 0 radical (unpaired) electrons. The zero-order chi connectivity index (χ0) is 19.9. The first-order valence-electron chi connectivity index (χ1n) is 7.53. The number of carbonyl (C=O) groups is 1. The summed E-state index contributed by atoms with van der Waals surface area (Å²) in [7, 11) is 0. The molecule has 3 N–H and O–H groups in total. The van der Waals surface area contributed by atoms with Gasteiger partial charge in [-0.1, -0.05) is 23.4 Å². The number of alkyl halides is 3. The number of ether oxygens (including phenoxy) is 1. The van der Waals surface area contributed by atoms with Crippen LogP contribution >= 0.6 is 0 Å². The fraction of sp³-hybridized carbons (Fsp3) is 0.118. The van der Waals surface area contributed by atoms with Gasteiger partial charge in [0.25, 0.3) is 5.91 Å². The maximum Gasteiger partial charge on any atom is 0.573 e. The Morgan fingerprint density at radius 1 is 1.04 bits per heavy atom. The highest BCUT2D eigenvalue weighted by Crippen LogP contribution is 2.23. The number of hydrogen-bond acceptors (Lipinski definition) is 6. The maximum absolute atomic E-state index is 12.1. The van der Waals surface area contributed by atoms with E-state index >= 15 is 0 Å². The van der Waals surface area contributed by atoms with Gasteiger partial charge in [0.15, 0.2) is 5.71 Å². The van der Waals surface area contributed by atoms with Gasteiger partial charge in [-0.05, 0) is 43.3 Å². The molecule has 0 bridgehead atoms. The van der Waals surface area contributed by atoms with Gasteiger partial charge in [-0.2, -0.15) is 5.10 Å². The highest BCUT2D eigenvalue weighted by molar-refractivity contribution is 6.68. The minimum atomic E-state index is -4.78. The Labute approximate surface area is 152 Å². The number of hydrazone groups is 1. The van der Waals surface area contributed by atoms with E-state index in [1.165, 1.54) is 19.1 Å². The second kappa shape index (κ2) is 8.70. The van der Waals surface area contributed by atoms with Gasteiger partial charge in [0.1, 0.15) is 5.75 Å². The molecule has 0 saturated heterocycles. The summed E-state index contributed by atoms with van der Waals surface area (Å²) in [6.07, 6.45) is -4.78. The van der Waals surface area contributed by atoms with Crippen molar-refractivity contribution < 1.29 is 27.9 Å². The van der Waals surface area contributed by atoms with Gasteiger partial charge >= 0.3 is 6.36 Å². The molecule has 2 rings (SSSR count). The fourth-order valence-corrected chi connectivity index (χ4v) is 1.93. The van der Waals surface area contributed by atoms with Crippen LogP contribution in [0.2, 0.25) is 0 Å². The van der Waals surface area contributed by atoms with E-state index < -0.39 is 12.3 Å². The highest BCUT2D eigenvalue weighted by Gasteiger charge is 2.30. The average Bonchev–Trinajstić information content (AvgIpc) is 2.61. The third-order valence-electron chi connectivity index (χ3n) is 3.13. The molecular formula is C17H15F3N4O3. The molecule has 0 heterocycles. The second-order valence-electron chi connectivity index (χ2n) is 5.15. The molecule has 7 nitrogen and oxygen atoms in total. The molecule has 27 heavy (non-hydrogen) atoms. The van der Waals surface area contributed by atoms with Crippen LogP contribution in [0.4, 0.5) is 24.5 Å². The lowest BCUT2D eigenvalue weighted by atomic mass is 10.2. The molecule has 10 heteroatoms. The molecule has 2 aromatic rings. The van der Waals surface area contributed by atoms with Crippen molar-refractivity contribution in [1.82, 2.24) is 0 Å². The van der Waals surface area contributed by atoms with Crippen molar-refractivity contribution in [2.75, 3.05) is 10.7 Å². The van der Waals surface area contributed by atoms with Crippen LogP contribution in [-0.4, -0.2) is 28.9 Å². The summed E-state index contributed by atoms with van der Waals surface area (Å²) in [5, 5.41) is 18.4. The van der Waals surface area contributed by atoms with E-state index in [-0.39, 0.29) is 17.2 Å². The number of rotatable bonds is 6. The summed E-state index contributed by atoms with van der Waals surface area (Å²) < 4.78 is 40.1. The van der Waals surface area contributed by atoms with Crippen LogP contribution in [0, 0.1) is 0 Å². The summed E-state index contributed by atoms with van der Waals surface area (Å²) in [5.74, 6) is -1.06. The lowest BCUT2D eigenvalue weighted by Gasteiger charge is -2.09. The van der Waals surface area contributed by atoms with E-state index in [4.69, 9.17) is 5.21 Å². The topological polar surface area (TPSA) is 95.3 Å². The predicted molar refractivity (Wildman–Crippen MR) is 94.1 cm³/mol. The van der Waals surface area contributed by atoms with E-state index in [9.17, 15) is 18.0 Å². The van der Waals surface area contributed by atoms with E-state index in [1.807, 2.05) is 0 Å². The van der Waals surface area contributed by atoms with Gasteiger partial charge in [-0.25, -0.2) is 0 Å². The van der Waals surface area contributed by atoms with Crippen molar-refractivity contribution in [3.05, 3.63) is 54.6 Å². The SMILES string of the molecule is CC(=N\Nc1ccc(OC(F)(F)F)cc1)/C(=N/O)C(=O)Nc1ccccc1. The molecule has 1 amide bonds. The Bertz CT molecular complexity index is 835. The summed E-state index contributed by atoms with van der Waals surface area (Å²) in [4.78, 5) is 12.1. The second-order valence-corrected chi connectivity index (χ2v) is 5.15. The molecule has 0 unspecified atom stereocenters. The minimum absolute atomic E-state index is 0.0570. The first-order valence-corrected chi connectivity index (χ1v) is 7.53. The summed E-state index contributed by atoms with van der Waals surface area (Å²) >= 11 is 0. The summed E-state index contributed by atoms with van der Waals surface area (Å²) in [5.41, 5.74) is 3.12. The standard InChI is InChI=1S/C17H15F3N4O3/c1-11(15(24-26)16(25)21-12-5-3-2-4-6-12)22-23-13-7-9-14(10-8-13)27-17(18,19)20/h2-10,23,26H,1H3,(H,21,25)/b22-11+,24-15-. The maximum atomic E-state index is 12.1. The zero-order valence-electron chi connectivity index (χ0n) is 14.0. The quantitative estimate of drug-likeness (QED) is 0.403. The van der Waals surface area contributed by atoms with Crippen LogP contribution in [-0.2, 0) is 4.79 Å². The van der Waals surface area contributed by atoms with E-state index in [1.54, 1.807) is 30.3 Å². The first kappa shape index (κ1) is 19.8. The number of nitrogens with zero attached hydrogens (tertiary/aromatic N) is 2. The van der Waals surface area contributed by atoms with E-state index in [2.05, 4.69) is 25.7 Å². The van der Waals surface area contributed by atoms with Crippen LogP contribution < -0.4 is 15.5 Å². The van der Waals surface area contributed by atoms with Crippen molar-refractivity contribution in [3.8, 4) is 5.75 Å². The number of carbonyl (C=O) groups excluding carboxylic acids is 1. The first-order chi connectivity index (χ1) is 12.8. The molecular weight excluding hydrogens is 365 g/mol. The summed E-state index contributed by atoms with van der Waals surface area (Å²) in [6.45, 7) is 1.42. The van der Waals surface area contributed by atoms with Crippen LogP contribution in [0.25, 0.3) is 0 Å². The number of benzene rings is 2. The fourth-order valence-electron chi connectivity index (χ4n) is 1.93. The van der Waals surface area contributed by atoms with Gasteiger partial charge in [-0.15, -0.1) is 13.2 Å². The molecule has 0 aliphatic rings. The predicted octanol–water partition coefficient (Wildman–Crippen LogP) is 3.84. The van der Waals surface area contributed by atoms with Gasteiger partial charge in [0, 0.05) is 5.69 Å². The number of amides is 1. The van der Waals surface area contributed by atoms with Crippen LogP contribution in [0.15, 0.2) is 64.9 Å². The Kier molecular flexibility index (Phi) is 6.36. The highest BCUT2D eigenvalue weighted by atomic mass is 19.4. The van der Waals surface area contributed by atoms with Crippen molar-refractivity contribution in [2.24, 2.45) is 10.3 Å². The molecule has 0 spiro atoms. The van der Waals surface area contributed by atoms with Gasteiger partial charge in [-0.3, -0.25) is 10.2 Å². The van der Waals surface area contributed by atoms with Gasteiger partial charge in [0.05, 0.1) is 11.4 Å². The van der Waals surface area contributed by atoms with Crippen molar-refractivity contribution in [1.29, 1.82) is 0 Å². The van der Waals surface area contributed by atoms with E-state index in [0.29, 0.717) is 11.4 Å².